The molecule has 7 nitrogen and oxygen atoms in total. The van der Waals surface area contributed by atoms with Gasteiger partial charge in [-0.1, -0.05) is 25.6 Å². The highest BCUT2D eigenvalue weighted by Crippen LogP contribution is 2.43. The number of hydrogen-bond acceptors (Lipinski definition) is 6. The Kier molecular flexibility index (Phi) is 5.21. The SMILES string of the molecule is COc1ccc(N2C(=NC(=O)C(C)C)S[C@H]3CS(=O)(=O)C[C@@H]32)cc1OC. The summed E-state index contributed by atoms with van der Waals surface area (Å²) in [5.41, 5.74) is 0.732. The van der Waals surface area contributed by atoms with Gasteiger partial charge in [-0.15, -0.1) is 0 Å². The second kappa shape index (κ2) is 7.11. The minimum Gasteiger partial charge on any atom is -0.493 e. The molecular formula is C17H22N2O5S2. The maximum atomic E-state index is 12.2. The molecule has 3 rings (SSSR count). The minimum absolute atomic E-state index is 0.0495. The van der Waals surface area contributed by atoms with Gasteiger partial charge in [0.15, 0.2) is 26.5 Å². The monoisotopic (exact) mass is 398 g/mol. The molecule has 0 spiro atoms. The number of ether oxygens (including phenoxy) is 2. The van der Waals surface area contributed by atoms with Gasteiger partial charge in [-0.05, 0) is 12.1 Å². The molecule has 0 N–H and O–H groups in total. The molecule has 2 atom stereocenters. The van der Waals surface area contributed by atoms with Gasteiger partial charge >= 0.3 is 0 Å². The zero-order valence-electron chi connectivity index (χ0n) is 15.1. The normalized spacial score (nSPS) is 25.6. The van der Waals surface area contributed by atoms with Crippen LogP contribution in [0.3, 0.4) is 0 Å². The Hall–Kier alpha value is -1.74. The number of aliphatic imine (C=N–C) groups is 1. The van der Waals surface area contributed by atoms with Gasteiger partial charge in [0.05, 0.1) is 31.8 Å². The van der Waals surface area contributed by atoms with Crippen LogP contribution in [-0.2, 0) is 14.6 Å². The van der Waals surface area contributed by atoms with Crippen LogP contribution in [0.4, 0.5) is 5.69 Å². The van der Waals surface area contributed by atoms with Gasteiger partial charge in [0, 0.05) is 22.9 Å². The first-order valence-electron chi connectivity index (χ1n) is 8.26. The van der Waals surface area contributed by atoms with E-state index in [0.717, 1.165) is 5.69 Å². The van der Waals surface area contributed by atoms with Crippen molar-refractivity contribution in [3.05, 3.63) is 18.2 Å². The van der Waals surface area contributed by atoms with Crippen molar-refractivity contribution in [1.29, 1.82) is 0 Å². The second-order valence-electron chi connectivity index (χ2n) is 6.60. The van der Waals surface area contributed by atoms with Crippen molar-refractivity contribution in [2.45, 2.75) is 25.1 Å². The van der Waals surface area contributed by atoms with E-state index < -0.39 is 9.84 Å². The standard InChI is InChI=1S/C17H22N2O5S2/c1-10(2)16(20)18-17-19(12-8-26(21,22)9-15(12)25-17)11-5-6-13(23-3)14(7-11)24-4/h5-7,10,12,15H,8-9H2,1-4H3/t12-,15-/m0/s1. The topological polar surface area (TPSA) is 85.3 Å². The van der Waals surface area contributed by atoms with Gasteiger partial charge in [-0.3, -0.25) is 4.79 Å². The molecule has 0 aromatic heterocycles. The third-order valence-corrected chi connectivity index (χ3v) is 7.62. The summed E-state index contributed by atoms with van der Waals surface area (Å²) in [5, 5.41) is 0.410. The van der Waals surface area contributed by atoms with Crippen LogP contribution in [0.15, 0.2) is 23.2 Å². The Balaban J connectivity index is 2.05. The first-order chi connectivity index (χ1) is 12.3. The third-order valence-electron chi connectivity index (χ3n) is 4.41. The first-order valence-corrected chi connectivity index (χ1v) is 11.0. The summed E-state index contributed by atoms with van der Waals surface area (Å²) in [4.78, 5) is 18.3. The van der Waals surface area contributed by atoms with Gasteiger partial charge in [0.1, 0.15) is 0 Å². The summed E-state index contributed by atoms with van der Waals surface area (Å²) < 4.78 is 34.8. The van der Waals surface area contributed by atoms with Crippen molar-refractivity contribution < 1.29 is 22.7 Å². The molecule has 0 radical (unpaired) electrons. The average molecular weight is 399 g/mol. The summed E-state index contributed by atoms with van der Waals surface area (Å²) in [6.45, 7) is 3.58. The number of rotatable bonds is 4. The van der Waals surface area contributed by atoms with Crippen molar-refractivity contribution in [1.82, 2.24) is 0 Å². The van der Waals surface area contributed by atoms with Crippen LogP contribution in [0, 0.1) is 5.92 Å². The Labute approximate surface area is 157 Å². The van der Waals surface area contributed by atoms with Crippen molar-refractivity contribution in [2.75, 3.05) is 30.6 Å². The molecule has 0 bridgehead atoms. The van der Waals surface area contributed by atoms with E-state index in [4.69, 9.17) is 9.47 Å². The highest BCUT2D eigenvalue weighted by Gasteiger charge is 2.49. The van der Waals surface area contributed by atoms with E-state index in [2.05, 4.69) is 4.99 Å². The summed E-state index contributed by atoms with van der Waals surface area (Å²) in [5.74, 6) is 0.819. The van der Waals surface area contributed by atoms with Crippen LogP contribution in [0.25, 0.3) is 0 Å². The summed E-state index contributed by atoms with van der Waals surface area (Å²) >= 11 is 1.36. The van der Waals surface area contributed by atoms with Crippen molar-refractivity contribution in [2.24, 2.45) is 10.9 Å². The van der Waals surface area contributed by atoms with Crippen LogP contribution >= 0.6 is 11.8 Å². The number of amides is 1. The Morgan fingerprint density at radius 2 is 1.92 bits per heavy atom. The summed E-state index contributed by atoms with van der Waals surface area (Å²) in [6, 6.07) is 5.12. The molecule has 0 saturated carbocycles. The fourth-order valence-corrected chi connectivity index (χ4v) is 6.98. The molecule has 2 aliphatic rings. The quantitative estimate of drug-likeness (QED) is 0.766. The zero-order valence-corrected chi connectivity index (χ0v) is 16.8. The lowest BCUT2D eigenvalue weighted by molar-refractivity contribution is -0.120. The summed E-state index contributed by atoms with van der Waals surface area (Å²) in [6.07, 6.45) is 0. The van der Waals surface area contributed by atoms with E-state index in [1.165, 1.54) is 11.8 Å². The molecule has 142 valence electrons. The van der Waals surface area contributed by atoms with Crippen LogP contribution in [0.5, 0.6) is 11.5 Å². The number of amidine groups is 1. The van der Waals surface area contributed by atoms with Gasteiger partial charge in [-0.2, -0.15) is 4.99 Å². The van der Waals surface area contributed by atoms with Crippen LogP contribution in [0.2, 0.25) is 0 Å². The molecule has 2 heterocycles. The number of methoxy groups -OCH3 is 2. The smallest absolute Gasteiger partial charge is 0.250 e. The number of benzene rings is 1. The molecule has 0 unspecified atom stereocenters. The molecule has 1 amide bonds. The number of sulfone groups is 1. The van der Waals surface area contributed by atoms with E-state index in [1.54, 1.807) is 40.2 Å². The predicted molar refractivity (Wildman–Crippen MR) is 103 cm³/mol. The maximum absolute atomic E-state index is 12.2. The number of fused-ring (bicyclic) bond motifs is 1. The molecule has 2 fully saturated rings. The van der Waals surface area contributed by atoms with Crippen LogP contribution in [-0.4, -0.2) is 56.5 Å². The molecule has 1 aromatic carbocycles. The molecule has 1 aromatic rings. The van der Waals surface area contributed by atoms with E-state index in [1.807, 2.05) is 11.0 Å². The molecular weight excluding hydrogens is 376 g/mol. The lowest BCUT2D eigenvalue weighted by atomic mass is 10.2. The number of thioether (sulfide) groups is 1. The van der Waals surface area contributed by atoms with Gasteiger partial charge in [0.2, 0.25) is 0 Å². The minimum atomic E-state index is -3.10. The molecule has 9 heteroatoms. The van der Waals surface area contributed by atoms with Crippen LogP contribution in [0.1, 0.15) is 13.8 Å². The molecule has 0 aliphatic carbocycles. The highest BCUT2D eigenvalue weighted by molar-refractivity contribution is 8.16. The maximum Gasteiger partial charge on any atom is 0.250 e. The number of nitrogens with zero attached hydrogens (tertiary/aromatic N) is 2. The fourth-order valence-electron chi connectivity index (χ4n) is 3.06. The van der Waals surface area contributed by atoms with Gasteiger partial charge in [-0.25, -0.2) is 8.42 Å². The average Bonchev–Trinajstić information content (AvgIpc) is 3.04. The van der Waals surface area contributed by atoms with Gasteiger partial charge in [0.25, 0.3) is 5.91 Å². The lowest BCUT2D eigenvalue weighted by Gasteiger charge is -2.25. The summed E-state index contributed by atoms with van der Waals surface area (Å²) in [7, 11) is -0.00680. The first kappa shape index (κ1) is 19.0. The Morgan fingerprint density at radius 3 is 2.54 bits per heavy atom. The zero-order chi connectivity index (χ0) is 19.1. The largest absolute Gasteiger partial charge is 0.493 e. The lowest BCUT2D eigenvalue weighted by Crippen LogP contribution is -2.37. The predicted octanol–water partition coefficient (Wildman–Crippen LogP) is 1.96. The Bertz CT molecular complexity index is 851. The number of carbonyl (C=O) groups excluding carboxylic acids is 1. The van der Waals surface area contributed by atoms with E-state index in [0.29, 0.717) is 16.7 Å². The molecule has 2 aliphatic heterocycles. The Morgan fingerprint density at radius 1 is 1.23 bits per heavy atom. The van der Waals surface area contributed by atoms with E-state index in [-0.39, 0.29) is 34.6 Å². The second-order valence-corrected chi connectivity index (χ2v) is 9.96. The van der Waals surface area contributed by atoms with E-state index >= 15 is 0 Å². The van der Waals surface area contributed by atoms with Crippen molar-refractivity contribution >= 4 is 38.4 Å². The number of carbonyl (C=O) groups is 1. The number of anilines is 1. The van der Waals surface area contributed by atoms with Crippen LogP contribution < -0.4 is 14.4 Å². The van der Waals surface area contributed by atoms with Crippen molar-refractivity contribution in [3.8, 4) is 11.5 Å². The fraction of sp³-hybridized carbons (Fsp3) is 0.529. The van der Waals surface area contributed by atoms with Gasteiger partial charge < -0.3 is 14.4 Å². The number of hydrogen-bond donors (Lipinski definition) is 0. The highest BCUT2D eigenvalue weighted by atomic mass is 32.2. The van der Waals surface area contributed by atoms with E-state index in [9.17, 15) is 13.2 Å². The molecule has 26 heavy (non-hydrogen) atoms. The third kappa shape index (κ3) is 3.55. The molecule has 2 saturated heterocycles. The van der Waals surface area contributed by atoms with Crippen molar-refractivity contribution in [3.63, 3.8) is 0 Å².